The largest absolute Gasteiger partial charge is 0.0776 e. The molecule has 0 amide bonds. The van der Waals surface area contributed by atoms with Crippen molar-refractivity contribution < 1.29 is 0 Å². The third-order valence-corrected chi connectivity index (χ3v) is 12.7. The first-order chi connectivity index (χ1) is 14.8. The molecule has 0 N–H and O–H groups in total. The molecule has 0 nitrogen and oxygen atoms in total. The Hall–Kier alpha value is 0. The normalized spacial score (nSPS) is 55.7. The molecule has 10 fully saturated rings. The van der Waals surface area contributed by atoms with Gasteiger partial charge in [-0.05, 0) is 174 Å². The maximum absolute atomic E-state index is 1.62. The second-order valence-electron chi connectivity index (χ2n) is 14.1. The van der Waals surface area contributed by atoms with Crippen LogP contribution >= 0.6 is 0 Å². The number of fused-ring (bicyclic) bond motifs is 10. The van der Waals surface area contributed by atoms with Crippen LogP contribution in [0.25, 0.3) is 0 Å². The van der Waals surface area contributed by atoms with E-state index >= 15 is 0 Å². The van der Waals surface area contributed by atoms with E-state index in [4.69, 9.17) is 0 Å². The molecule has 0 radical (unpaired) electrons. The highest BCUT2D eigenvalue weighted by Gasteiger charge is 2.49. The van der Waals surface area contributed by atoms with E-state index in [-0.39, 0.29) is 7.43 Å². The summed E-state index contributed by atoms with van der Waals surface area (Å²) < 4.78 is 0. The quantitative estimate of drug-likeness (QED) is 0.363. The van der Waals surface area contributed by atoms with Crippen molar-refractivity contribution in [1.82, 2.24) is 0 Å². The van der Waals surface area contributed by atoms with Gasteiger partial charge in [0.25, 0.3) is 0 Å². The molecule has 0 aromatic carbocycles. The fourth-order valence-corrected chi connectivity index (χ4v) is 12.0. The highest BCUT2D eigenvalue weighted by molar-refractivity contribution is 5.00. The molecule has 0 aliphatic heterocycles. The van der Waals surface area contributed by atoms with E-state index in [2.05, 4.69) is 0 Å². The van der Waals surface area contributed by atoms with Gasteiger partial charge in [0.2, 0.25) is 0 Å². The number of rotatable bonds is 0. The predicted octanol–water partition coefficient (Wildman–Crippen LogP) is 9.13. The maximum atomic E-state index is 1.62. The van der Waals surface area contributed by atoms with Crippen LogP contribution in [0, 0.1) is 71.0 Å². The minimum atomic E-state index is 0. The van der Waals surface area contributed by atoms with Gasteiger partial charge < -0.3 is 0 Å². The van der Waals surface area contributed by atoms with E-state index in [9.17, 15) is 0 Å². The average Bonchev–Trinajstić information content (AvgIpc) is 3.58. The number of hydrogen-bond donors (Lipinski definition) is 0. The molecule has 8 bridgehead atoms. The highest BCUT2D eigenvalue weighted by Crippen LogP contribution is 2.59. The van der Waals surface area contributed by atoms with Crippen LogP contribution in [0.15, 0.2) is 0 Å². The van der Waals surface area contributed by atoms with Crippen molar-refractivity contribution in [2.75, 3.05) is 0 Å². The molecule has 10 aliphatic carbocycles. The van der Waals surface area contributed by atoms with Gasteiger partial charge in [0, 0.05) is 0 Å². The molecule has 8 atom stereocenters. The summed E-state index contributed by atoms with van der Waals surface area (Å²) in [5.41, 5.74) is 0. The molecule has 31 heavy (non-hydrogen) atoms. The van der Waals surface area contributed by atoms with Gasteiger partial charge in [-0.3, -0.25) is 0 Å². The molecule has 0 saturated heterocycles. The Balaban J connectivity index is 0.0000000882. The van der Waals surface area contributed by atoms with Gasteiger partial charge in [0.05, 0.1) is 0 Å². The lowest BCUT2D eigenvalue weighted by atomic mass is 9.56. The van der Waals surface area contributed by atoms with Crippen LogP contribution in [0.3, 0.4) is 0 Å². The summed E-state index contributed by atoms with van der Waals surface area (Å²) in [6.07, 6.45) is 28.7. The monoisotopic (exact) mass is 424 g/mol. The number of hydrogen-bond acceptors (Lipinski definition) is 0. The first-order valence-corrected chi connectivity index (χ1v) is 14.8. The van der Waals surface area contributed by atoms with Crippen molar-refractivity contribution >= 4 is 0 Å². The average molecular weight is 425 g/mol. The van der Waals surface area contributed by atoms with E-state index in [0.29, 0.717) is 0 Å². The fourth-order valence-electron chi connectivity index (χ4n) is 12.0. The third kappa shape index (κ3) is 3.87. The summed E-state index contributed by atoms with van der Waals surface area (Å²) in [6, 6.07) is 0. The minimum Gasteiger partial charge on any atom is -0.0776 e. The van der Waals surface area contributed by atoms with Crippen LogP contribution in [-0.2, 0) is 0 Å². The second-order valence-corrected chi connectivity index (χ2v) is 14.1. The van der Waals surface area contributed by atoms with Crippen molar-refractivity contribution in [2.24, 2.45) is 71.0 Å². The Kier molecular flexibility index (Phi) is 6.01. The first-order valence-electron chi connectivity index (χ1n) is 14.8. The smallest absolute Gasteiger partial charge is 0.0355 e. The topological polar surface area (TPSA) is 0 Å². The molecule has 10 rings (SSSR count). The van der Waals surface area contributed by atoms with E-state index < -0.39 is 0 Å². The zero-order valence-electron chi connectivity index (χ0n) is 19.7. The summed E-state index contributed by atoms with van der Waals surface area (Å²) in [4.78, 5) is 0. The molecular weight excluding hydrogens is 372 g/mol. The Morgan fingerprint density at radius 1 is 0.290 bits per heavy atom. The van der Waals surface area contributed by atoms with Crippen molar-refractivity contribution in [3.63, 3.8) is 0 Å². The van der Waals surface area contributed by atoms with Gasteiger partial charge in [0.15, 0.2) is 0 Å². The molecule has 0 aromatic heterocycles. The van der Waals surface area contributed by atoms with Gasteiger partial charge >= 0.3 is 0 Å². The van der Waals surface area contributed by atoms with Crippen LogP contribution in [0.1, 0.15) is 123 Å². The van der Waals surface area contributed by atoms with Gasteiger partial charge in [-0.25, -0.2) is 0 Å². The van der Waals surface area contributed by atoms with Crippen molar-refractivity contribution in [2.45, 2.75) is 123 Å². The lowest BCUT2D eigenvalue weighted by molar-refractivity contribution is 0.0198. The van der Waals surface area contributed by atoms with E-state index in [1.807, 2.05) is 0 Å². The van der Waals surface area contributed by atoms with Gasteiger partial charge in [-0.2, -0.15) is 0 Å². The van der Waals surface area contributed by atoms with Crippen LogP contribution in [0.2, 0.25) is 0 Å². The maximum Gasteiger partial charge on any atom is -0.0355 e. The Labute approximate surface area is 194 Å². The van der Waals surface area contributed by atoms with Gasteiger partial charge in [-0.1, -0.05) is 20.3 Å². The van der Waals surface area contributed by atoms with Crippen LogP contribution < -0.4 is 0 Å². The zero-order valence-corrected chi connectivity index (χ0v) is 19.7. The van der Waals surface area contributed by atoms with Crippen molar-refractivity contribution in [3.05, 3.63) is 0 Å². The summed E-state index contributed by atoms with van der Waals surface area (Å²) in [7, 11) is 0. The molecule has 0 heterocycles. The Morgan fingerprint density at radius 3 is 0.806 bits per heavy atom. The summed E-state index contributed by atoms with van der Waals surface area (Å²) in [5.74, 6) is 14.3. The minimum absolute atomic E-state index is 0. The molecule has 0 spiro atoms. The van der Waals surface area contributed by atoms with Crippen molar-refractivity contribution in [1.29, 1.82) is 0 Å². The van der Waals surface area contributed by atoms with Crippen LogP contribution in [0.5, 0.6) is 0 Å². The SMILES string of the molecule is C.C1C2CC3CC1CC(C2)C3.C1CC2C3CCC(C3)C2C1.C1CC2C3CCC(C3)C2C1. The molecular formula is C31H52. The van der Waals surface area contributed by atoms with Crippen LogP contribution in [0.4, 0.5) is 0 Å². The van der Waals surface area contributed by atoms with E-state index in [1.165, 1.54) is 71.0 Å². The molecule has 176 valence electrons. The molecule has 10 saturated carbocycles. The highest BCUT2D eigenvalue weighted by atomic mass is 14.5. The lowest BCUT2D eigenvalue weighted by Gasteiger charge is -2.49. The van der Waals surface area contributed by atoms with Crippen molar-refractivity contribution in [3.8, 4) is 0 Å². The van der Waals surface area contributed by atoms with E-state index in [0.717, 1.165) is 0 Å². The summed E-state index contributed by atoms with van der Waals surface area (Å²) in [5, 5.41) is 0. The zero-order chi connectivity index (χ0) is 19.7. The van der Waals surface area contributed by atoms with E-state index in [1.54, 1.807) is 116 Å². The van der Waals surface area contributed by atoms with Crippen LogP contribution in [-0.4, -0.2) is 0 Å². The summed E-state index contributed by atoms with van der Waals surface area (Å²) in [6.45, 7) is 0. The molecule has 8 unspecified atom stereocenters. The molecule has 10 aliphatic rings. The fraction of sp³-hybridized carbons (Fsp3) is 1.00. The van der Waals surface area contributed by atoms with Gasteiger partial charge in [0.1, 0.15) is 0 Å². The summed E-state index contributed by atoms with van der Waals surface area (Å²) >= 11 is 0. The molecule has 0 aromatic rings. The van der Waals surface area contributed by atoms with Gasteiger partial charge in [-0.15, -0.1) is 0 Å². The molecule has 0 heteroatoms. The predicted molar refractivity (Wildman–Crippen MR) is 132 cm³/mol. The lowest BCUT2D eigenvalue weighted by Crippen LogP contribution is -2.38. The standard InChI is InChI=1S/3C10H16.CH4/c1-7-2-9-4-8(1)5-10(3-7)6-9;2*1-2-9-7-4-5-8(6-7)10(9)3-1;/h3*7-10H,1-6H2;1H4. The second kappa shape index (κ2) is 8.65. The Bertz CT molecular complexity index is 495. The Morgan fingerprint density at radius 2 is 0.548 bits per heavy atom. The first kappa shape index (κ1) is 21.5. The third-order valence-electron chi connectivity index (χ3n) is 12.7.